The first-order chi connectivity index (χ1) is 10.9. The highest BCUT2D eigenvalue weighted by Gasteiger charge is 2.11. The minimum absolute atomic E-state index is 0.0117. The van der Waals surface area contributed by atoms with Crippen molar-refractivity contribution in [3.8, 4) is 5.75 Å². The van der Waals surface area contributed by atoms with Gasteiger partial charge in [0.25, 0.3) is 0 Å². The van der Waals surface area contributed by atoms with Gasteiger partial charge < -0.3 is 10.1 Å². The van der Waals surface area contributed by atoms with Gasteiger partial charge in [-0.2, -0.15) is 0 Å². The van der Waals surface area contributed by atoms with Crippen LogP contribution in [-0.2, 0) is 11.3 Å². The molecule has 6 nitrogen and oxygen atoms in total. The molecular formula is C17H25N3O3. The number of likely N-dealkylation sites (N-methyl/N-ethyl adjacent to an activating group) is 1. The number of amides is 3. The Kier molecular flexibility index (Phi) is 7.83. The first-order valence-corrected chi connectivity index (χ1v) is 7.52. The summed E-state index contributed by atoms with van der Waals surface area (Å²) in [6, 6.07) is 7.16. The molecule has 0 fully saturated rings. The van der Waals surface area contributed by atoms with Crippen molar-refractivity contribution in [3.63, 3.8) is 0 Å². The first kappa shape index (κ1) is 18.7. The Hall–Kier alpha value is -2.34. The molecule has 0 heterocycles. The van der Waals surface area contributed by atoms with Crippen LogP contribution in [0.1, 0.15) is 19.4 Å². The summed E-state index contributed by atoms with van der Waals surface area (Å²) in [7, 11) is 1.82. The van der Waals surface area contributed by atoms with Crippen LogP contribution in [0.4, 0.5) is 4.79 Å². The molecule has 23 heavy (non-hydrogen) atoms. The maximum atomic E-state index is 11.8. The van der Waals surface area contributed by atoms with E-state index in [4.69, 9.17) is 4.74 Å². The predicted molar refractivity (Wildman–Crippen MR) is 90.3 cm³/mol. The summed E-state index contributed by atoms with van der Waals surface area (Å²) in [6.07, 6.45) is 1.69. The lowest BCUT2D eigenvalue weighted by Crippen LogP contribution is -2.45. The van der Waals surface area contributed by atoms with Gasteiger partial charge in [0.1, 0.15) is 12.4 Å². The fourth-order valence-corrected chi connectivity index (χ4v) is 1.92. The summed E-state index contributed by atoms with van der Waals surface area (Å²) < 4.78 is 5.41. The van der Waals surface area contributed by atoms with Gasteiger partial charge in [0.05, 0.1) is 6.54 Å². The molecule has 6 heteroatoms. The summed E-state index contributed by atoms with van der Waals surface area (Å²) in [4.78, 5) is 25.0. The van der Waals surface area contributed by atoms with Crippen LogP contribution in [0.15, 0.2) is 36.9 Å². The number of imide groups is 1. The maximum Gasteiger partial charge on any atom is 0.321 e. The van der Waals surface area contributed by atoms with Crippen molar-refractivity contribution in [2.75, 3.05) is 20.2 Å². The predicted octanol–water partition coefficient (Wildman–Crippen LogP) is 1.92. The van der Waals surface area contributed by atoms with Gasteiger partial charge in [-0.05, 0) is 38.6 Å². The van der Waals surface area contributed by atoms with E-state index in [0.29, 0.717) is 13.2 Å². The molecule has 0 spiro atoms. The van der Waals surface area contributed by atoms with E-state index in [2.05, 4.69) is 17.2 Å². The van der Waals surface area contributed by atoms with E-state index >= 15 is 0 Å². The number of carbonyl (C=O) groups excluding carboxylic acids is 2. The number of ether oxygens (including phenoxy) is 1. The number of hydrogen-bond acceptors (Lipinski definition) is 4. The van der Waals surface area contributed by atoms with Crippen LogP contribution < -0.4 is 15.4 Å². The highest BCUT2D eigenvalue weighted by molar-refractivity contribution is 5.95. The van der Waals surface area contributed by atoms with Crippen LogP contribution in [-0.4, -0.2) is 43.1 Å². The van der Waals surface area contributed by atoms with E-state index in [1.165, 1.54) is 0 Å². The number of carbonyl (C=O) groups is 2. The molecule has 126 valence electrons. The maximum absolute atomic E-state index is 11.8. The third-order valence-electron chi connectivity index (χ3n) is 2.83. The molecule has 1 aromatic rings. The molecule has 0 radical (unpaired) electrons. The summed E-state index contributed by atoms with van der Waals surface area (Å²) in [5.74, 6) is 0.441. The summed E-state index contributed by atoms with van der Waals surface area (Å²) in [6.45, 7) is 8.47. The zero-order valence-electron chi connectivity index (χ0n) is 14.0. The Morgan fingerprint density at radius 1 is 1.30 bits per heavy atom. The Morgan fingerprint density at radius 2 is 1.96 bits per heavy atom. The van der Waals surface area contributed by atoms with Crippen LogP contribution in [0.25, 0.3) is 0 Å². The van der Waals surface area contributed by atoms with Crippen LogP contribution in [0, 0.1) is 0 Å². The minimum atomic E-state index is -0.470. The Bertz CT molecular complexity index is 526. The monoisotopic (exact) mass is 319 g/mol. The molecular weight excluding hydrogens is 294 g/mol. The molecule has 0 saturated carbocycles. The number of nitrogens with zero attached hydrogens (tertiary/aromatic N) is 1. The minimum Gasteiger partial charge on any atom is -0.490 e. The van der Waals surface area contributed by atoms with Crippen LogP contribution in [0.3, 0.4) is 0 Å². The lowest BCUT2D eigenvalue weighted by atomic mass is 10.2. The molecule has 1 rings (SSSR count). The SMILES string of the molecule is C=CCOc1ccc(CN(C)CC(=O)NC(=O)NC(C)C)cc1. The number of nitrogens with one attached hydrogen (secondary N) is 2. The van der Waals surface area contributed by atoms with Crippen molar-refractivity contribution in [1.82, 2.24) is 15.5 Å². The van der Waals surface area contributed by atoms with E-state index in [9.17, 15) is 9.59 Å². The quantitative estimate of drug-likeness (QED) is 0.718. The van der Waals surface area contributed by atoms with Gasteiger partial charge >= 0.3 is 6.03 Å². The Balaban J connectivity index is 2.40. The third-order valence-corrected chi connectivity index (χ3v) is 2.83. The lowest BCUT2D eigenvalue weighted by Gasteiger charge is -2.17. The molecule has 3 amide bonds. The third kappa shape index (κ3) is 8.01. The normalized spacial score (nSPS) is 10.5. The molecule has 1 aromatic carbocycles. The second kappa shape index (κ2) is 9.63. The van der Waals surface area contributed by atoms with E-state index < -0.39 is 6.03 Å². The zero-order valence-corrected chi connectivity index (χ0v) is 14.0. The standard InChI is InChI=1S/C17H25N3O3/c1-5-10-23-15-8-6-14(7-9-15)11-20(4)12-16(21)19-17(22)18-13(2)3/h5-9,13H,1,10-12H2,2-4H3,(H2,18,19,21,22). The number of benzene rings is 1. The second-order valence-corrected chi connectivity index (χ2v) is 5.59. The fourth-order valence-electron chi connectivity index (χ4n) is 1.92. The molecule has 0 saturated heterocycles. The molecule has 0 unspecified atom stereocenters. The molecule has 0 atom stereocenters. The van der Waals surface area contributed by atoms with E-state index in [1.807, 2.05) is 50.1 Å². The number of hydrogen-bond donors (Lipinski definition) is 2. The molecule has 0 aromatic heterocycles. The zero-order chi connectivity index (χ0) is 17.2. The van der Waals surface area contributed by atoms with Crippen molar-refractivity contribution in [3.05, 3.63) is 42.5 Å². The smallest absolute Gasteiger partial charge is 0.321 e. The summed E-state index contributed by atoms with van der Waals surface area (Å²) in [5.41, 5.74) is 1.05. The summed E-state index contributed by atoms with van der Waals surface area (Å²) in [5, 5.41) is 4.91. The average molecular weight is 319 g/mol. The topological polar surface area (TPSA) is 70.7 Å². The van der Waals surface area contributed by atoms with E-state index in [0.717, 1.165) is 11.3 Å². The average Bonchev–Trinajstić information content (AvgIpc) is 2.45. The summed E-state index contributed by atoms with van der Waals surface area (Å²) >= 11 is 0. The second-order valence-electron chi connectivity index (χ2n) is 5.59. The van der Waals surface area contributed by atoms with Crippen LogP contribution >= 0.6 is 0 Å². The van der Waals surface area contributed by atoms with E-state index in [1.54, 1.807) is 6.08 Å². The molecule has 2 N–H and O–H groups in total. The van der Waals surface area contributed by atoms with Crippen molar-refractivity contribution in [2.24, 2.45) is 0 Å². The van der Waals surface area contributed by atoms with Crippen molar-refractivity contribution in [1.29, 1.82) is 0 Å². The molecule has 0 aliphatic heterocycles. The van der Waals surface area contributed by atoms with Gasteiger partial charge in [-0.3, -0.25) is 15.0 Å². The van der Waals surface area contributed by atoms with Crippen LogP contribution in [0.5, 0.6) is 5.75 Å². The fraction of sp³-hybridized carbons (Fsp3) is 0.412. The van der Waals surface area contributed by atoms with Gasteiger partial charge in [0.15, 0.2) is 0 Å². The number of rotatable bonds is 8. The van der Waals surface area contributed by atoms with Crippen LogP contribution in [0.2, 0.25) is 0 Å². The number of urea groups is 1. The van der Waals surface area contributed by atoms with Crippen molar-refractivity contribution < 1.29 is 14.3 Å². The van der Waals surface area contributed by atoms with Crippen molar-refractivity contribution in [2.45, 2.75) is 26.4 Å². The Morgan fingerprint density at radius 3 is 2.52 bits per heavy atom. The van der Waals surface area contributed by atoms with Crippen molar-refractivity contribution >= 4 is 11.9 Å². The molecule has 0 bridgehead atoms. The molecule has 0 aliphatic carbocycles. The highest BCUT2D eigenvalue weighted by Crippen LogP contribution is 2.13. The van der Waals surface area contributed by atoms with Gasteiger partial charge in [0.2, 0.25) is 5.91 Å². The molecule has 0 aliphatic rings. The Labute approximate surface area is 137 Å². The van der Waals surface area contributed by atoms with Gasteiger partial charge in [-0.25, -0.2) is 4.79 Å². The van der Waals surface area contributed by atoms with Gasteiger partial charge in [0, 0.05) is 12.6 Å². The van der Waals surface area contributed by atoms with Gasteiger partial charge in [-0.1, -0.05) is 24.8 Å². The highest BCUT2D eigenvalue weighted by atomic mass is 16.5. The van der Waals surface area contributed by atoms with Gasteiger partial charge in [-0.15, -0.1) is 0 Å². The van der Waals surface area contributed by atoms with E-state index in [-0.39, 0.29) is 18.5 Å². The largest absolute Gasteiger partial charge is 0.490 e. The first-order valence-electron chi connectivity index (χ1n) is 7.52. The lowest BCUT2D eigenvalue weighted by molar-refractivity contribution is -0.120.